The summed E-state index contributed by atoms with van der Waals surface area (Å²) >= 11 is 0. The third-order valence-electron chi connectivity index (χ3n) is 5.76. The quantitative estimate of drug-likeness (QED) is 0.903. The second-order valence-corrected chi connectivity index (χ2v) is 7.50. The Balaban J connectivity index is 1.58. The zero-order valence-corrected chi connectivity index (χ0v) is 14.9. The predicted molar refractivity (Wildman–Crippen MR) is 97.9 cm³/mol. The maximum Gasteiger partial charge on any atom is 0.256 e. The minimum atomic E-state index is -0.447. The number of carbonyl (C=O) groups is 3. The van der Waals surface area contributed by atoms with Crippen molar-refractivity contribution in [1.29, 1.82) is 0 Å². The summed E-state index contributed by atoms with van der Waals surface area (Å²) < 4.78 is 0. The highest BCUT2D eigenvalue weighted by molar-refractivity contribution is 6.12. The lowest BCUT2D eigenvalue weighted by molar-refractivity contribution is -0.126. The summed E-state index contributed by atoms with van der Waals surface area (Å²) in [5, 5.41) is 3.08. The first-order valence-electron chi connectivity index (χ1n) is 9.66. The molecule has 3 aliphatic rings. The van der Waals surface area contributed by atoms with Crippen LogP contribution in [0.2, 0.25) is 0 Å². The van der Waals surface area contributed by atoms with Crippen molar-refractivity contribution < 1.29 is 14.4 Å². The van der Waals surface area contributed by atoms with Crippen LogP contribution >= 0.6 is 0 Å². The Labute approximate surface area is 153 Å². The fourth-order valence-electron chi connectivity index (χ4n) is 4.44. The molecule has 0 spiro atoms. The molecule has 4 rings (SSSR count). The van der Waals surface area contributed by atoms with Crippen molar-refractivity contribution in [3.63, 3.8) is 0 Å². The highest BCUT2D eigenvalue weighted by Gasteiger charge is 2.42. The van der Waals surface area contributed by atoms with Gasteiger partial charge >= 0.3 is 0 Å². The molecule has 0 bridgehead atoms. The van der Waals surface area contributed by atoms with Crippen LogP contribution in [0.5, 0.6) is 0 Å². The zero-order valence-electron chi connectivity index (χ0n) is 14.9. The first-order valence-corrected chi connectivity index (χ1v) is 9.66. The fourth-order valence-corrected chi connectivity index (χ4v) is 4.44. The number of hydrogen-bond acceptors (Lipinski definition) is 3. The van der Waals surface area contributed by atoms with Crippen LogP contribution < -0.4 is 10.2 Å². The molecular weight excluding hydrogens is 330 g/mol. The van der Waals surface area contributed by atoms with Crippen LogP contribution in [-0.4, -0.2) is 47.8 Å². The lowest BCUT2D eigenvalue weighted by Gasteiger charge is -2.27. The van der Waals surface area contributed by atoms with Crippen LogP contribution in [0.15, 0.2) is 24.3 Å². The molecule has 2 aliphatic heterocycles. The number of nitrogens with zero attached hydrogens (tertiary/aromatic N) is 2. The minimum Gasteiger partial charge on any atom is -0.352 e. The molecule has 2 fully saturated rings. The van der Waals surface area contributed by atoms with E-state index in [9.17, 15) is 14.4 Å². The molecule has 0 radical (unpaired) electrons. The lowest BCUT2D eigenvalue weighted by atomic mass is 9.95. The summed E-state index contributed by atoms with van der Waals surface area (Å²) in [5.74, 6) is -0.384. The number of amides is 3. The molecule has 138 valence electrons. The van der Waals surface area contributed by atoms with Crippen molar-refractivity contribution >= 4 is 23.4 Å². The molecule has 0 aromatic heterocycles. The van der Waals surface area contributed by atoms with Crippen LogP contribution in [0.3, 0.4) is 0 Å². The van der Waals surface area contributed by atoms with Crippen molar-refractivity contribution in [2.24, 2.45) is 0 Å². The van der Waals surface area contributed by atoms with Crippen molar-refractivity contribution in [3.8, 4) is 0 Å². The highest BCUT2D eigenvalue weighted by Crippen LogP contribution is 2.32. The minimum absolute atomic E-state index is 0.0238. The second kappa shape index (κ2) is 7.09. The number of anilines is 1. The van der Waals surface area contributed by atoms with E-state index in [1.807, 2.05) is 6.07 Å². The van der Waals surface area contributed by atoms with E-state index in [1.54, 1.807) is 23.1 Å². The van der Waals surface area contributed by atoms with Gasteiger partial charge in [0.1, 0.15) is 12.6 Å². The molecule has 2 heterocycles. The van der Waals surface area contributed by atoms with Gasteiger partial charge in [-0.1, -0.05) is 31.4 Å². The number of fused-ring (bicyclic) bond motifs is 2. The summed E-state index contributed by atoms with van der Waals surface area (Å²) in [6.45, 7) is 0.579. The van der Waals surface area contributed by atoms with Crippen molar-refractivity contribution in [1.82, 2.24) is 10.2 Å². The summed E-state index contributed by atoms with van der Waals surface area (Å²) in [6.07, 6.45) is 7.01. The van der Waals surface area contributed by atoms with Gasteiger partial charge in [-0.2, -0.15) is 0 Å². The predicted octanol–water partition coefficient (Wildman–Crippen LogP) is 2.09. The molecule has 1 aliphatic carbocycles. The Morgan fingerprint density at radius 3 is 2.62 bits per heavy atom. The number of para-hydroxylation sites is 1. The third kappa shape index (κ3) is 3.08. The molecular formula is C20H25N3O3. The van der Waals surface area contributed by atoms with Crippen molar-refractivity contribution in [2.75, 3.05) is 18.0 Å². The smallest absolute Gasteiger partial charge is 0.256 e. The van der Waals surface area contributed by atoms with E-state index >= 15 is 0 Å². The van der Waals surface area contributed by atoms with Gasteiger partial charge in [0.25, 0.3) is 5.91 Å². The van der Waals surface area contributed by atoms with Crippen LogP contribution in [-0.2, 0) is 9.59 Å². The number of hydrogen-bond donors (Lipinski definition) is 1. The summed E-state index contributed by atoms with van der Waals surface area (Å²) in [6, 6.07) is 6.88. The standard InChI is InChI=1S/C20H25N3O3/c24-18(21-14-7-2-1-3-8-14)13-23-16-10-5-4-9-15(16)19(25)22-12-6-11-17(22)20(23)26/h4-5,9-10,14,17H,1-3,6-8,11-13H2,(H,21,24)/t17-/m0/s1. The average Bonchev–Trinajstić information content (AvgIpc) is 3.13. The fraction of sp³-hybridized carbons (Fsp3) is 0.550. The van der Waals surface area contributed by atoms with Gasteiger partial charge in [-0.05, 0) is 37.8 Å². The van der Waals surface area contributed by atoms with Gasteiger partial charge in [-0.15, -0.1) is 0 Å². The Morgan fingerprint density at radius 1 is 1.04 bits per heavy atom. The number of nitrogens with one attached hydrogen (secondary N) is 1. The van der Waals surface area contributed by atoms with Gasteiger partial charge in [0.15, 0.2) is 0 Å². The monoisotopic (exact) mass is 355 g/mol. The Kier molecular flexibility index (Phi) is 4.66. The molecule has 1 saturated carbocycles. The van der Waals surface area contributed by atoms with Gasteiger partial charge < -0.3 is 15.1 Å². The molecule has 1 aromatic rings. The highest BCUT2D eigenvalue weighted by atomic mass is 16.2. The average molecular weight is 355 g/mol. The van der Waals surface area contributed by atoms with E-state index in [4.69, 9.17) is 0 Å². The van der Waals surface area contributed by atoms with Crippen molar-refractivity contribution in [2.45, 2.75) is 57.0 Å². The first kappa shape index (κ1) is 17.1. The summed E-state index contributed by atoms with van der Waals surface area (Å²) in [7, 11) is 0. The van der Waals surface area contributed by atoms with Gasteiger partial charge in [-0.25, -0.2) is 0 Å². The SMILES string of the molecule is O=C(CN1C(=O)[C@@H]2CCCN2C(=O)c2ccccc21)NC1CCCCC1. The molecule has 1 aromatic carbocycles. The third-order valence-corrected chi connectivity index (χ3v) is 5.76. The topological polar surface area (TPSA) is 69.7 Å². The second-order valence-electron chi connectivity index (χ2n) is 7.50. The number of rotatable bonds is 3. The first-order chi connectivity index (χ1) is 12.6. The van der Waals surface area contributed by atoms with E-state index in [0.29, 0.717) is 24.2 Å². The Bertz CT molecular complexity index is 727. The van der Waals surface area contributed by atoms with Crippen LogP contribution in [0, 0.1) is 0 Å². The van der Waals surface area contributed by atoms with Gasteiger partial charge in [0, 0.05) is 12.6 Å². The molecule has 3 amide bonds. The molecule has 0 unspecified atom stereocenters. The van der Waals surface area contributed by atoms with E-state index in [2.05, 4.69) is 5.32 Å². The molecule has 6 nitrogen and oxygen atoms in total. The lowest BCUT2D eigenvalue weighted by Crippen LogP contribution is -2.49. The maximum atomic E-state index is 13.1. The zero-order chi connectivity index (χ0) is 18.1. The maximum absolute atomic E-state index is 13.1. The van der Waals surface area contributed by atoms with E-state index in [0.717, 1.165) is 32.1 Å². The van der Waals surface area contributed by atoms with Crippen LogP contribution in [0.1, 0.15) is 55.3 Å². The van der Waals surface area contributed by atoms with E-state index in [-0.39, 0.29) is 30.3 Å². The molecule has 1 atom stereocenters. The Morgan fingerprint density at radius 2 is 1.81 bits per heavy atom. The van der Waals surface area contributed by atoms with Gasteiger partial charge in [0.05, 0.1) is 11.3 Å². The largest absolute Gasteiger partial charge is 0.352 e. The van der Waals surface area contributed by atoms with Gasteiger partial charge in [0.2, 0.25) is 11.8 Å². The van der Waals surface area contributed by atoms with Crippen LogP contribution in [0.25, 0.3) is 0 Å². The molecule has 26 heavy (non-hydrogen) atoms. The van der Waals surface area contributed by atoms with Gasteiger partial charge in [-0.3, -0.25) is 14.4 Å². The molecule has 1 N–H and O–H groups in total. The summed E-state index contributed by atoms with van der Waals surface area (Å²) in [5.41, 5.74) is 1.06. The van der Waals surface area contributed by atoms with E-state index < -0.39 is 6.04 Å². The number of carbonyl (C=O) groups excluding carboxylic acids is 3. The Hall–Kier alpha value is -2.37. The normalized spacial score (nSPS) is 23.5. The summed E-state index contributed by atoms with van der Waals surface area (Å²) in [4.78, 5) is 41.8. The number of benzene rings is 1. The van der Waals surface area contributed by atoms with E-state index in [1.165, 1.54) is 11.3 Å². The molecule has 6 heteroatoms. The van der Waals surface area contributed by atoms with Crippen LogP contribution in [0.4, 0.5) is 5.69 Å². The van der Waals surface area contributed by atoms with Crippen molar-refractivity contribution in [3.05, 3.63) is 29.8 Å². The molecule has 1 saturated heterocycles.